The summed E-state index contributed by atoms with van der Waals surface area (Å²) in [7, 11) is 1.51. The molecule has 0 unspecified atom stereocenters. The second-order valence-corrected chi connectivity index (χ2v) is 8.15. The summed E-state index contributed by atoms with van der Waals surface area (Å²) in [5.41, 5.74) is 4.04. The van der Waals surface area contributed by atoms with Gasteiger partial charge in [0.1, 0.15) is 18.2 Å². The summed E-state index contributed by atoms with van der Waals surface area (Å²) >= 11 is 12.6. The van der Waals surface area contributed by atoms with Crippen LogP contribution in [0.25, 0.3) is 10.8 Å². The van der Waals surface area contributed by atoms with Crippen molar-refractivity contribution in [1.29, 1.82) is 0 Å². The van der Waals surface area contributed by atoms with Crippen LogP contribution in [0.15, 0.2) is 77.9 Å². The lowest BCUT2D eigenvalue weighted by atomic mass is 10.1. The molecule has 172 valence electrons. The monoisotopic (exact) mass is 496 g/mol. The van der Waals surface area contributed by atoms with E-state index in [1.165, 1.54) is 25.5 Å². The minimum absolute atomic E-state index is 0.105. The maximum Gasteiger partial charge on any atom is 0.275 e. The van der Waals surface area contributed by atoms with Crippen LogP contribution in [-0.4, -0.2) is 19.2 Å². The molecule has 0 saturated carbocycles. The van der Waals surface area contributed by atoms with Crippen LogP contribution in [0.1, 0.15) is 21.5 Å². The second-order valence-electron chi connectivity index (χ2n) is 7.33. The van der Waals surface area contributed by atoms with Gasteiger partial charge in [-0.2, -0.15) is 5.10 Å². The predicted octanol–water partition coefficient (Wildman–Crippen LogP) is 6.64. The van der Waals surface area contributed by atoms with E-state index in [0.717, 1.165) is 10.8 Å². The largest absolute Gasteiger partial charge is 0.496 e. The highest BCUT2D eigenvalue weighted by Gasteiger charge is 2.14. The fraction of sp³-hybridized carbons (Fsp3) is 0.0769. The fourth-order valence-electron chi connectivity index (χ4n) is 3.37. The van der Waals surface area contributed by atoms with Gasteiger partial charge in [-0.25, -0.2) is 9.82 Å². The van der Waals surface area contributed by atoms with Crippen molar-refractivity contribution in [2.45, 2.75) is 6.61 Å². The highest BCUT2D eigenvalue weighted by atomic mass is 35.5. The molecular formula is C26H19Cl2FN2O3. The number of nitrogens with one attached hydrogen (secondary N) is 1. The molecule has 0 saturated heterocycles. The van der Waals surface area contributed by atoms with Crippen molar-refractivity contribution >= 4 is 46.1 Å². The molecule has 1 N–H and O–H groups in total. The Labute approximate surface area is 205 Å². The Morgan fingerprint density at radius 1 is 1.00 bits per heavy atom. The van der Waals surface area contributed by atoms with E-state index < -0.39 is 5.91 Å². The smallest absolute Gasteiger partial charge is 0.275 e. The van der Waals surface area contributed by atoms with Crippen LogP contribution < -0.4 is 14.9 Å². The number of amides is 1. The molecule has 0 aromatic heterocycles. The highest BCUT2D eigenvalue weighted by molar-refractivity contribution is 6.37. The van der Waals surface area contributed by atoms with Crippen LogP contribution in [0.4, 0.5) is 4.39 Å². The average molecular weight is 497 g/mol. The maximum absolute atomic E-state index is 13.3. The highest BCUT2D eigenvalue weighted by Crippen LogP contribution is 2.34. The number of fused-ring (bicyclic) bond motifs is 1. The first kappa shape index (κ1) is 23.5. The summed E-state index contributed by atoms with van der Waals surface area (Å²) < 4.78 is 24.4. The lowest BCUT2D eigenvalue weighted by molar-refractivity contribution is 0.0952. The number of hydrogen-bond donors (Lipinski definition) is 1. The van der Waals surface area contributed by atoms with Crippen molar-refractivity contribution in [2.75, 3.05) is 7.11 Å². The van der Waals surface area contributed by atoms with Crippen molar-refractivity contribution in [1.82, 2.24) is 5.43 Å². The predicted molar refractivity (Wildman–Crippen MR) is 133 cm³/mol. The van der Waals surface area contributed by atoms with Gasteiger partial charge in [-0.3, -0.25) is 4.79 Å². The van der Waals surface area contributed by atoms with Crippen molar-refractivity contribution < 1.29 is 18.7 Å². The van der Waals surface area contributed by atoms with Gasteiger partial charge < -0.3 is 9.47 Å². The van der Waals surface area contributed by atoms with Crippen molar-refractivity contribution in [3.05, 3.63) is 105 Å². The fourth-order valence-corrected chi connectivity index (χ4v) is 3.98. The molecule has 4 aromatic rings. The third-order valence-electron chi connectivity index (χ3n) is 4.98. The molecule has 8 heteroatoms. The zero-order valence-corrected chi connectivity index (χ0v) is 19.5. The number of hydrogen-bond acceptors (Lipinski definition) is 4. The first-order valence-electron chi connectivity index (χ1n) is 10.2. The van der Waals surface area contributed by atoms with Crippen molar-refractivity contribution in [3.63, 3.8) is 0 Å². The molecule has 0 atom stereocenters. The first-order chi connectivity index (χ1) is 16.4. The Morgan fingerprint density at radius 2 is 1.71 bits per heavy atom. The van der Waals surface area contributed by atoms with Gasteiger partial charge in [0.05, 0.1) is 28.9 Å². The van der Waals surface area contributed by atoms with Gasteiger partial charge >= 0.3 is 0 Å². The van der Waals surface area contributed by atoms with Gasteiger partial charge in [0, 0.05) is 0 Å². The SMILES string of the molecule is COc1cc2ccccc2cc1C(=O)NN=Cc1cc(Cl)c(OCc2cccc(F)c2)c(Cl)c1. The molecule has 0 bridgehead atoms. The molecule has 0 aliphatic carbocycles. The Bertz CT molecular complexity index is 1370. The van der Waals surface area contributed by atoms with E-state index >= 15 is 0 Å². The molecule has 0 aliphatic heterocycles. The van der Waals surface area contributed by atoms with E-state index in [2.05, 4.69) is 10.5 Å². The zero-order valence-electron chi connectivity index (χ0n) is 18.0. The molecule has 0 fully saturated rings. The number of methoxy groups -OCH3 is 1. The standard InChI is InChI=1S/C26H19Cl2FN2O3/c1-33-24-13-19-7-3-2-6-18(19)12-21(24)26(32)31-30-14-17-10-22(27)25(23(28)11-17)34-15-16-5-4-8-20(29)9-16/h2-14H,15H2,1H3,(H,31,32). The van der Waals surface area contributed by atoms with Gasteiger partial charge in [0.25, 0.3) is 5.91 Å². The molecule has 0 aliphatic rings. The number of benzene rings is 4. The lowest BCUT2D eigenvalue weighted by Crippen LogP contribution is -2.18. The Kier molecular flexibility index (Phi) is 7.30. The molecule has 0 radical (unpaired) electrons. The van der Waals surface area contributed by atoms with Gasteiger partial charge in [-0.05, 0) is 58.3 Å². The molecule has 4 aromatic carbocycles. The summed E-state index contributed by atoms with van der Waals surface area (Å²) in [6.07, 6.45) is 1.42. The molecule has 4 rings (SSSR count). The van der Waals surface area contributed by atoms with Crippen LogP contribution >= 0.6 is 23.2 Å². The number of nitrogens with zero attached hydrogens (tertiary/aromatic N) is 1. The van der Waals surface area contributed by atoms with Crippen LogP contribution in [0.5, 0.6) is 11.5 Å². The van der Waals surface area contributed by atoms with Crippen LogP contribution in [-0.2, 0) is 6.61 Å². The van der Waals surface area contributed by atoms with Crippen LogP contribution in [0, 0.1) is 5.82 Å². The summed E-state index contributed by atoms with van der Waals surface area (Å²) in [4.78, 5) is 12.7. The molecule has 0 spiro atoms. The summed E-state index contributed by atoms with van der Waals surface area (Å²) in [6.45, 7) is 0.105. The van der Waals surface area contributed by atoms with E-state index in [0.29, 0.717) is 22.4 Å². The summed E-state index contributed by atoms with van der Waals surface area (Å²) in [6, 6.07) is 20.5. The van der Waals surface area contributed by atoms with Crippen molar-refractivity contribution in [3.8, 4) is 11.5 Å². The summed E-state index contributed by atoms with van der Waals surface area (Å²) in [5, 5.41) is 6.39. The Hall–Kier alpha value is -3.61. The number of hydrazone groups is 1. The zero-order chi connectivity index (χ0) is 24.1. The molecule has 34 heavy (non-hydrogen) atoms. The van der Waals surface area contributed by atoms with E-state index in [1.807, 2.05) is 24.3 Å². The second kappa shape index (κ2) is 10.5. The molecule has 1 amide bonds. The third kappa shape index (κ3) is 5.47. The quantitative estimate of drug-likeness (QED) is 0.230. The molecule has 0 heterocycles. The average Bonchev–Trinajstić information content (AvgIpc) is 2.82. The first-order valence-corrected chi connectivity index (χ1v) is 11.0. The molecular weight excluding hydrogens is 478 g/mol. The maximum atomic E-state index is 13.3. The van der Waals surface area contributed by atoms with E-state index in [4.69, 9.17) is 32.7 Å². The molecule has 5 nitrogen and oxygen atoms in total. The minimum atomic E-state index is -0.425. The van der Waals surface area contributed by atoms with E-state index in [-0.39, 0.29) is 28.2 Å². The van der Waals surface area contributed by atoms with E-state index in [1.54, 1.807) is 36.4 Å². The van der Waals surface area contributed by atoms with Gasteiger partial charge in [-0.1, -0.05) is 59.6 Å². The van der Waals surface area contributed by atoms with E-state index in [9.17, 15) is 9.18 Å². The number of rotatable bonds is 7. The number of halogens is 3. The van der Waals surface area contributed by atoms with Gasteiger partial charge in [0.2, 0.25) is 0 Å². The van der Waals surface area contributed by atoms with Gasteiger partial charge in [0.15, 0.2) is 5.75 Å². The Balaban J connectivity index is 1.45. The van der Waals surface area contributed by atoms with Gasteiger partial charge in [-0.15, -0.1) is 0 Å². The number of carbonyl (C=O) groups excluding carboxylic acids is 1. The number of carbonyl (C=O) groups is 1. The lowest BCUT2D eigenvalue weighted by Gasteiger charge is -2.11. The topological polar surface area (TPSA) is 59.9 Å². The van der Waals surface area contributed by atoms with Crippen LogP contribution in [0.3, 0.4) is 0 Å². The van der Waals surface area contributed by atoms with Crippen LogP contribution in [0.2, 0.25) is 10.0 Å². The third-order valence-corrected chi connectivity index (χ3v) is 5.55. The minimum Gasteiger partial charge on any atom is -0.496 e. The number of ether oxygens (including phenoxy) is 2. The Morgan fingerprint density at radius 3 is 2.38 bits per heavy atom. The summed E-state index contributed by atoms with van der Waals surface area (Å²) in [5.74, 6) is -0.0636. The normalized spacial score (nSPS) is 11.1. The van der Waals surface area contributed by atoms with Crippen molar-refractivity contribution in [2.24, 2.45) is 5.10 Å².